The minimum absolute atomic E-state index is 0. The smallest absolute Gasteiger partial charge is 0.394 e. The number of hydrogen-bond acceptors (Lipinski definition) is 7. The highest BCUT2D eigenvalue weighted by Gasteiger charge is 2.14. The van der Waals surface area contributed by atoms with Crippen LogP contribution in [0, 0.1) is 0 Å². The number of hydrogen-bond donors (Lipinski definition) is 4. The minimum atomic E-state index is -4.67. The van der Waals surface area contributed by atoms with Gasteiger partial charge in [-0.1, -0.05) is 151 Å². The topological polar surface area (TPSA) is 143 Å². The van der Waals surface area contributed by atoms with Crippen LogP contribution < -0.4 is 0 Å². The highest BCUT2D eigenvalue weighted by Crippen LogP contribution is 2.13. The molecule has 49 heavy (non-hydrogen) atoms. The Balaban J connectivity index is -0.000000202. The zero-order valence-corrected chi connectivity index (χ0v) is 33.9. The van der Waals surface area contributed by atoms with Crippen LogP contribution in [0.1, 0.15) is 204 Å². The predicted octanol–water partition coefficient (Wildman–Crippen LogP) is 11.2. The van der Waals surface area contributed by atoms with Gasteiger partial charge in [-0.3, -0.25) is 9.11 Å². The van der Waals surface area contributed by atoms with Crippen molar-refractivity contribution in [2.24, 2.45) is 0 Å². The van der Waals surface area contributed by atoms with Crippen molar-refractivity contribution < 1.29 is 41.9 Å². The van der Waals surface area contributed by atoms with Gasteiger partial charge in [0.1, 0.15) is 0 Å². The molecule has 0 aliphatic carbocycles. The monoisotopic (exact) mass is 733 g/mol. The first-order valence-electron chi connectivity index (χ1n) is 19.4. The highest BCUT2D eigenvalue weighted by atomic mass is 32.3. The Morgan fingerprint density at radius 2 is 0.776 bits per heavy atom. The first kappa shape index (κ1) is 58.0. The van der Waals surface area contributed by atoms with Gasteiger partial charge in [-0.2, -0.15) is 8.42 Å². The summed E-state index contributed by atoms with van der Waals surface area (Å²) in [5.41, 5.74) is -0.458. The second kappa shape index (κ2) is 43.8. The summed E-state index contributed by atoms with van der Waals surface area (Å²) in [5, 5.41) is 17.3. The van der Waals surface area contributed by atoms with E-state index < -0.39 is 16.0 Å². The Morgan fingerprint density at radius 1 is 0.490 bits per heavy atom. The highest BCUT2D eigenvalue weighted by molar-refractivity contribution is 7.79. The largest absolute Gasteiger partial charge is 0.394 e. The average Bonchev–Trinajstić information content (AvgIpc) is 3.01. The third-order valence-corrected chi connectivity index (χ3v) is 7.96. The maximum Gasteiger partial charge on any atom is 0.394 e. The van der Waals surface area contributed by atoms with Crippen LogP contribution in [-0.4, -0.2) is 78.6 Å². The normalized spacial score (nSPS) is 11.3. The molecule has 0 spiro atoms. The molecule has 0 saturated heterocycles. The van der Waals surface area contributed by atoms with E-state index in [1.807, 2.05) is 6.92 Å². The van der Waals surface area contributed by atoms with E-state index in [9.17, 15) is 0 Å². The van der Waals surface area contributed by atoms with E-state index in [-0.39, 0.29) is 19.6 Å². The fraction of sp³-hybridized carbons (Fsp3) is 1.00. The van der Waals surface area contributed by atoms with E-state index >= 15 is 0 Å². The van der Waals surface area contributed by atoms with Gasteiger partial charge in [0.25, 0.3) is 0 Å². The Kier molecular flexibility index (Phi) is 51.9. The van der Waals surface area contributed by atoms with Crippen molar-refractivity contribution in [3.05, 3.63) is 0 Å². The van der Waals surface area contributed by atoms with Crippen LogP contribution in [0.2, 0.25) is 0 Å². The van der Waals surface area contributed by atoms with Crippen LogP contribution in [0.25, 0.3) is 0 Å². The molecule has 0 unspecified atom stereocenters. The maximum absolute atomic E-state index is 8.83. The zero-order valence-electron chi connectivity index (χ0n) is 33.0. The molecule has 0 aromatic rings. The summed E-state index contributed by atoms with van der Waals surface area (Å²) in [4.78, 5) is 0. The number of aliphatic hydroxyl groups is 2. The Bertz CT molecular complexity index is 658. The Labute approximate surface area is 306 Å². The van der Waals surface area contributed by atoms with Crippen molar-refractivity contribution in [1.29, 1.82) is 0 Å². The maximum atomic E-state index is 8.83. The molecule has 0 heterocycles. The first-order valence-corrected chi connectivity index (χ1v) is 20.8. The molecule has 0 amide bonds. The third kappa shape index (κ3) is 78.1. The van der Waals surface area contributed by atoms with E-state index in [0.29, 0.717) is 6.61 Å². The van der Waals surface area contributed by atoms with Gasteiger partial charge in [-0.25, -0.2) is 0 Å². The molecule has 304 valence electrons. The van der Waals surface area contributed by atoms with E-state index in [1.54, 1.807) is 13.8 Å². The van der Waals surface area contributed by atoms with E-state index in [0.717, 1.165) is 45.7 Å². The van der Waals surface area contributed by atoms with Gasteiger partial charge in [0.05, 0.1) is 37.6 Å². The molecule has 0 fully saturated rings. The average molecular weight is 733 g/mol. The second-order valence-corrected chi connectivity index (χ2v) is 14.8. The van der Waals surface area contributed by atoms with Crippen LogP contribution in [0.15, 0.2) is 0 Å². The van der Waals surface area contributed by atoms with E-state index in [4.69, 9.17) is 41.9 Å². The molecule has 4 N–H and O–H groups in total. The molecule has 0 radical (unpaired) electrons. The third-order valence-electron chi connectivity index (χ3n) is 7.96. The van der Waals surface area contributed by atoms with Crippen molar-refractivity contribution >= 4 is 10.4 Å². The quantitative estimate of drug-likeness (QED) is 0.0419. The lowest BCUT2D eigenvalue weighted by Crippen LogP contribution is -2.25. The number of unbranched alkanes of at least 4 members (excludes halogenated alkanes) is 18. The summed E-state index contributed by atoms with van der Waals surface area (Å²) in [5.74, 6) is 0. The summed E-state index contributed by atoms with van der Waals surface area (Å²) in [6, 6.07) is 0. The molecule has 0 bridgehead atoms. The van der Waals surface area contributed by atoms with Gasteiger partial charge in [-0.05, 0) is 53.4 Å². The van der Waals surface area contributed by atoms with Crippen LogP contribution in [-0.2, 0) is 24.6 Å². The molecule has 0 aromatic heterocycles. The summed E-state index contributed by atoms with van der Waals surface area (Å²) in [7, 11) is -4.67. The lowest BCUT2D eigenvalue weighted by molar-refractivity contribution is -0.0479. The standard InChI is InChI=1S/C19H40O2.C14H30O2.C5H12O.CH4.H2O4S/c1-5-7-8-9-10-11-12-13-14-15-16-20-17-18-21-19(3,4)6-2;1-2-3-4-5-6-7-8-9-10-11-13-16-14-12-15;1-4-5(2,3)6;;1-5(2,3)4/h5-18H2,1-4H3;15H,2-14H2,1H3;6H,4H2,1-3H3;1H4;(H2,1,2,3,4). The number of rotatable bonds is 30. The van der Waals surface area contributed by atoms with Crippen LogP contribution in [0.4, 0.5) is 0 Å². The molecular weight excluding hydrogens is 644 g/mol. The molecule has 10 heteroatoms. The molecule has 0 aliphatic heterocycles. The van der Waals surface area contributed by atoms with Crippen molar-refractivity contribution in [2.75, 3.05) is 39.6 Å². The van der Waals surface area contributed by atoms with Crippen LogP contribution >= 0.6 is 0 Å². The molecule has 9 nitrogen and oxygen atoms in total. The molecule has 0 atom stereocenters. The van der Waals surface area contributed by atoms with Crippen molar-refractivity contribution in [1.82, 2.24) is 0 Å². The fourth-order valence-electron chi connectivity index (χ4n) is 4.13. The van der Waals surface area contributed by atoms with Crippen molar-refractivity contribution in [3.8, 4) is 0 Å². The van der Waals surface area contributed by atoms with E-state index in [1.165, 1.54) is 122 Å². The summed E-state index contributed by atoms with van der Waals surface area (Å²) in [6.45, 7) is 20.3. The number of ether oxygens (including phenoxy) is 3. The second-order valence-electron chi connectivity index (χ2n) is 13.9. The predicted molar refractivity (Wildman–Crippen MR) is 210 cm³/mol. The SMILES string of the molecule is C.CCC(C)(C)O.CCCCCCCCCCCCOCCO.CCCCCCCCCCCCOCCOC(C)(C)CC.O=S(=O)(O)O. The Morgan fingerprint density at radius 3 is 1.04 bits per heavy atom. The van der Waals surface area contributed by atoms with Crippen molar-refractivity contribution in [2.45, 2.75) is 215 Å². The number of aliphatic hydroxyl groups excluding tert-OH is 1. The molecule has 0 saturated carbocycles. The molecule has 0 aromatic carbocycles. The summed E-state index contributed by atoms with van der Waals surface area (Å²) in [6.07, 6.45) is 29.2. The lowest BCUT2D eigenvalue weighted by Gasteiger charge is -2.23. The summed E-state index contributed by atoms with van der Waals surface area (Å²) < 4.78 is 48.2. The fourth-order valence-corrected chi connectivity index (χ4v) is 4.13. The Hall–Kier alpha value is -0.330. The van der Waals surface area contributed by atoms with Gasteiger partial charge in [-0.15, -0.1) is 0 Å². The van der Waals surface area contributed by atoms with Crippen LogP contribution in [0.3, 0.4) is 0 Å². The lowest BCUT2D eigenvalue weighted by atomic mass is 10.1. The van der Waals surface area contributed by atoms with Crippen molar-refractivity contribution in [3.63, 3.8) is 0 Å². The molecule has 0 aliphatic rings. The molecule has 0 rings (SSSR count). The molecular formula is C39H88O9S. The van der Waals surface area contributed by atoms with Gasteiger partial charge in [0.15, 0.2) is 0 Å². The first-order chi connectivity index (χ1) is 22.6. The van der Waals surface area contributed by atoms with Gasteiger partial charge >= 0.3 is 10.4 Å². The summed E-state index contributed by atoms with van der Waals surface area (Å²) >= 11 is 0. The van der Waals surface area contributed by atoms with Crippen LogP contribution in [0.5, 0.6) is 0 Å². The van der Waals surface area contributed by atoms with E-state index in [2.05, 4.69) is 34.6 Å². The van der Waals surface area contributed by atoms with Gasteiger partial charge in [0.2, 0.25) is 0 Å². The van der Waals surface area contributed by atoms with Gasteiger partial charge in [0, 0.05) is 13.2 Å². The zero-order chi connectivity index (χ0) is 37.4. The van der Waals surface area contributed by atoms with Gasteiger partial charge < -0.3 is 24.4 Å². The minimum Gasteiger partial charge on any atom is -0.394 e.